The quantitative estimate of drug-likeness (QED) is 0.641. The number of fused-ring (bicyclic) bond motifs is 3. The van der Waals surface area contributed by atoms with Crippen LogP contribution in [0.3, 0.4) is 0 Å². The van der Waals surface area contributed by atoms with Crippen molar-refractivity contribution in [1.29, 1.82) is 0 Å². The maximum Gasteiger partial charge on any atom is 0.224 e. The highest BCUT2D eigenvalue weighted by Gasteiger charge is 2.43. The topological polar surface area (TPSA) is 81.5 Å². The molecule has 8 nitrogen and oxygen atoms in total. The Balaban J connectivity index is 1.28. The van der Waals surface area contributed by atoms with Crippen LogP contribution in [0.5, 0.6) is 5.75 Å². The summed E-state index contributed by atoms with van der Waals surface area (Å²) in [6.07, 6.45) is 4.08. The van der Waals surface area contributed by atoms with E-state index in [1.54, 1.807) is 7.11 Å². The van der Waals surface area contributed by atoms with Crippen LogP contribution in [-0.2, 0) is 22.7 Å². The molecule has 156 valence electrons. The predicted octanol–water partition coefficient (Wildman–Crippen LogP) is 1.33. The SMILES string of the molecule is COCCNC(=O)[C@H]1CN2CC[C@@H]1C[C@@H]2Cn1cc(COc2ccccc2)nn1. The lowest BCUT2D eigenvalue weighted by Gasteiger charge is -2.49. The number of piperidine rings is 3. The standard InChI is InChI=1S/C21H29N5O3/c1-28-10-8-22-21(27)20-14-25-9-7-16(20)11-18(25)13-26-12-17(23-24-26)15-29-19-5-3-2-4-6-19/h2-6,12,16,18,20H,7-11,13-15H2,1H3,(H,22,27)/t16-,18-,20+/m1/s1. The second kappa shape index (κ2) is 9.37. The van der Waals surface area contributed by atoms with Crippen molar-refractivity contribution >= 4 is 5.91 Å². The maximum atomic E-state index is 12.5. The van der Waals surface area contributed by atoms with Crippen molar-refractivity contribution < 1.29 is 14.3 Å². The number of methoxy groups -OCH3 is 1. The summed E-state index contributed by atoms with van der Waals surface area (Å²) in [4.78, 5) is 14.9. The second-order valence-corrected chi connectivity index (χ2v) is 7.86. The van der Waals surface area contributed by atoms with Gasteiger partial charge in [-0.05, 0) is 37.4 Å². The first-order valence-corrected chi connectivity index (χ1v) is 10.3. The normalized spacial score (nSPS) is 25.7. The van der Waals surface area contributed by atoms with Crippen molar-refractivity contribution in [3.8, 4) is 5.75 Å². The van der Waals surface area contributed by atoms with Crippen molar-refractivity contribution in [3.63, 3.8) is 0 Å². The van der Waals surface area contributed by atoms with Gasteiger partial charge in [-0.25, -0.2) is 0 Å². The van der Waals surface area contributed by atoms with E-state index in [0.29, 0.717) is 31.7 Å². The monoisotopic (exact) mass is 399 g/mol. The number of hydrogen-bond donors (Lipinski definition) is 1. The maximum absolute atomic E-state index is 12.5. The number of amides is 1. The van der Waals surface area contributed by atoms with Crippen molar-refractivity contribution in [2.24, 2.45) is 11.8 Å². The first kappa shape index (κ1) is 19.8. The molecule has 0 aliphatic carbocycles. The van der Waals surface area contributed by atoms with Gasteiger partial charge < -0.3 is 14.8 Å². The summed E-state index contributed by atoms with van der Waals surface area (Å²) < 4.78 is 12.7. The highest BCUT2D eigenvalue weighted by Crippen LogP contribution is 2.36. The number of nitrogens with one attached hydrogen (secondary N) is 1. The van der Waals surface area contributed by atoms with Crippen LogP contribution in [0.25, 0.3) is 0 Å². The van der Waals surface area contributed by atoms with E-state index in [4.69, 9.17) is 9.47 Å². The van der Waals surface area contributed by atoms with Gasteiger partial charge >= 0.3 is 0 Å². The summed E-state index contributed by atoms with van der Waals surface area (Å²) in [6, 6.07) is 10.1. The van der Waals surface area contributed by atoms with Gasteiger partial charge in [-0.15, -0.1) is 5.10 Å². The van der Waals surface area contributed by atoms with Crippen LogP contribution in [0, 0.1) is 11.8 Å². The minimum absolute atomic E-state index is 0.0856. The third-order valence-corrected chi connectivity index (χ3v) is 5.93. The fourth-order valence-electron chi connectivity index (χ4n) is 4.42. The lowest BCUT2D eigenvalue weighted by atomic mass is 9.75. The predicted molar refractivity (Wildman–Crippen MR) is 107 cm³/mol. The van der Waals surface area contributed by atoms with E-state index >= 15 is 0 Å². The van der Waals surface area contributed by atoms with Gasteiger partial charge in [0.2, 0.25) is 5.91 Å². The highest BCUT2D eigenvalue weighted by molar-refractivity contribution is 5.79. The number of para-hydroxylation sites is 1. The van der Waals surface area contributed by atoms with Gasteiger partial charge in [0.1, 0.15) is 18.1 Å². The van der Waals surface area contributed by atoms with E-state index in [0.717, 1.165) is 43.9 Å². The number of rotatable bonds is 9. The number of benzene rings is 1. The summed E-state index contributed by atoms with van der Waals surface area (Å²) in [7, 11) is 1.65. The molecule has 1 unspecified atom stereocenters. The Hall–Kier alpha value is -2.45. The average Bonchev–Trinajstić information content (AvgIpc) is 3.21. The second-order valence-electron chi connectivity index (χ2n) is 7.86. The zero-order chi connectivity index (χ0) is 20.1. The van der Waals surface area contributed by atoms with Crippen molar-refractivity contribution in [3.05, 3.63) is 42.2 Å². The van der Waals surface area contributed by atoms with Gasteiger partial charge in [0, 0.05) is 26.2 Å². The number of nitrogens with zero attached hydrogens (tertiary/aromatic N) is 4. The first-order chi connectivity index (χ1) is 14.2. The molecule has 3 saturated heterocycles. The molecule has 29 heavy (non-hydrogen) atoms. The number of carbonyl (C=O) groups is 1. The van der Waals surface area contributed by atoms with Crippen molar-refractivity contribution in [2.75, 3.05) is 33.4 Å². The van der Waals surface area contributed by atoms with Gasteiger partial charge in [-0.3, -0.25) is 14.4 Å². The highest BCUT2D eigenvalue weighted by atomic mass is 16.5. The molecule has 3 aliphatic rings. The fourth-order valence-corrected chi connectivity index (χ4v) is 4.42. The van der Waals surface area contributed by atoms with E-state index in [9.17, 15) is 4.79 Å². The molecule has 3 aliphatic heterocycles. The van der Waals surface area contributed by atoms with Gasteiger partial charge in [0.25, 0.3) is 0 Å². The number of aromatic nitrogens is 3. The number of hydrogen-bond acceptors (Lipinski definition) is 6. The molecule has 1 N–H and O–H groups in total. The molecule has 1 aromatic carbocycles. The molecule has 0 radical (unpaired) electrons. The van der Waals surface area contributed by atoms with Crippen LogP contribution in [-0.4, -0.2) is 65.2 Å². The molecule has 1 amide bonds. The molecule has 0 saturated carbocycles. The van der Waals surface area contributed by atoms with Crippen LogP contribution in [0.4, 0.5) is 0 Å². The zero-order valence-electron chi connectivity index (χ0n) is 16.9. The molecule has 2 aromatic rings. The van der Waals surface area contributed by atoms with Crippen LogP contribution in [0.1, 0.15) is 18.5 Å². The lowest BCUT2D eigenvalue weighted by Crippen LogP contribution is -2.58. The minimum atomic E-state index is 0.0856. The lowest BCUT2D eigenvalue weighted by molar-refractivity contribution is -0.133. The average molecular weight is 399 g/mol. The molecule has 0 spiro atoms. The largest absolute Gasteiger partial charge is 0.487 e. The Labute approximate surface area is 171 Å². The molecule has 4 heterocycles. The van der Waals surface area contributed by atoms with Crippen molar-refractivity contribution in [1.82, 2.24) is 25.2 Å². The third kappa shape index (κ3) is 4.94. The van der Waals surface area contributed by atoms with E-state index in [-0.39, 0.29) is 11.8 Å². The fraction of sp³-hybridized carbons (Fsp3) is 0.571. The summed E-state index contributed by atoms with van der Waals surface area (Å²) in [5.74, 6) is 1.52. The van der Waals surface area contributed by atoms with E-state index < -0.39 is 0 Å². The molecular weight excluding hydrogens is 370 g/mol. The molecule has 2 bridgehead atoms. The third-order valence-electron chi connectivity index (χ3n) is 5.93. The Bertz CT molecular complexity index is 797. The van der Waals surface area contributed by atoms with Crippen LogP contribution < -0.4 is 10.1 Å². The van der Waals surface area contributed by atoms with Crippen LogP contribution in [0.2, 0.25) is 0 Å². The van der Waals surface area contributed by atoms with Crippen LogP contribution in [0.15, 0.2) is 36.5 Å². The summed E-state index contributed by atoms with van der Waals surface area (Å²) in [6.45, 7) is 4.22. The summed E-state index contributed by atoms with van der Waals surface area (Å²) in [5, 5.41) is 11.5. The Morgan fingerprint density at radius 1 is 1.31 bits per heavy atom. The molecule has 1 aromatic heterocycles. The number of ether oxygens (including phenoxy) is 2. The molecular formula is C21H29N5O3. The Morgan fingerprint density at radius 3 is 2.93 bits per heavy atom. The Morgan fingerprint density at radius 2 is 2.17 bits per heavy atom. The summed E-state index contributed by atoms with van der Waals surface area (Å²) in [5.41, 5.74) is 0.820. The first-order valence-electron chi connectivity index (χ1n) is 10.3. The van der Waals surface area contributed by atoms with E-state index in [1.807, 2.05) is 41.2 Å². The van der Waals surface area contributed by atoms with E-state index in [2.05, 4.69) is 20.5 Å². The van der Waals surface area contributed by atoms with E-state index in [1.165, 1.54) is 0 Å². The minimum Gasteiger partial charge on any atom is -0.487 e. The molecule has 3 fully saturated rings. The molecule has 8 heteroatoms. The smallest absolute Gasteiger partial charge is 0.224 e. The summed E-state index contributed by atoms with van der Waals surface area (Å²) >= 11 is 0. The zero-order valence-corrected chi connectivity index (χ0v) is 16.9. The van der Waals surface area contributed by atoms with Gasteiger partial charge in [0.15, 0.2) is 0 Å². The van der Waals surface area contributed by atoms with Gasteiger partial charge in [0.05, 0.1) is 25.3 Å². The van der Waals surface area contributed by atoms with Gasteiger partial charge in [-0.2, -0.15) is 0 Å². The van der Waals surface area contributed by atoms with Crippen molar-refractivity contribution in [2.45, 2.75) is 32.0 Å². The molecule has 5 rings (SSSR count). The van der Waals surface area contributed by atoms with Gasteiger partial charge in [-0.1, -0.05) is 23.4 Å². The molecule has 4 atom stereocenters. The van der Waals surface area contributed by atoms with Crippen LogP contribution >= 0.6 is 0 Å². The number of carbonyl (C=O) groups excluding carboxylic acids is 1. The Kier molecular flexibility index (Phi) is 6.41.